The standard InChI is InChI=1S/C24H29N3O5S/c1-19-3-2-4-20(17-19)5-8-24(28)25-22-18-21(33(29,30)27-11-15-32-16-12-27)6-7-23(22)26-9-13-31-14-10-26/h2-8,17-18H,9-16H2,1H3,(H,25,28)/b8-5+. The number of morpholine rings is 2. The van der Waals surface area contributed by atoms with Crippen LogP contribution in [-0.2, 0) is 24.3 Å². The Bertz CT molecular complexity index is 1120. The summed E-state index contributed by atoms with van der Waals surface area (Å²) in [6.45, 7) is 5.85. The van der Waals surface area contributed by atoms with Gasteiger partial charge in [0.1, 0.15) is 0 Å². The lowest BCUT2D eigenvalue weighted by Crippen LogP contribution is -2.40. The van der Waals surface area contributed by atoms with Crippen LogP contribution in [0.4, 0.5) is 11.4 Å². The van der Waals surface area contributed by atoms with Crippen molar-refractivity contribution in [1.82, 2.24) is 4.31 Å². The molecule has 4 rings (SSSR count). The Labute approximate surface area is 194 Å². The number of carbonyl (C=O) groups excluding carboxylic acids is 1. The summed E-state index contributed by atoms with van der Waals surface area (Å²) in [5, 5.41) is 2.89. The number of anilines is 2. The van der Waals surface area contributed by atoms with Crippen LogP contribution in [0.25, 0.3) is 6.08 Å². The average molecular weight is 472 g/mol. The van der Waals surface area contributed by atoms with E-state index in [1.54, 1.807) is 24.3 Å². The van der Waals surface area contributed by atoms with Gasteiger partial charge in [-0.1, -0.05) is 29.8 Å². The van der Waals surface area contributed by atoms with Gasteiger partial charge in [0.15, 0.2) is 0 Å². The van der Waals surface area contributed by atoms with E-state index in [9.17, 15) is 13.2 Å². The fraction of sp³-hybridized carbons (Fsp3) is 0.375. The van der Waals surface area contributed by atoms with E-state index in [4.69, 9.17) is 9.47 Å². The monoisotopic (exact) mass is 471 g/mol. The van der Waals surface area contributed by atoms with Gasteiger partial charge in [-0.25, -0.2) is 8.42 Å². The van der Waals surface area contributed by atoms with Crippen molar-refractivity contribution in [2.45, 2.75) is 11.8 Å². The molecule has 0 bridgehead atoms. The van der Waals surface area contributed by atoms with Crippen LogP contribution in [0.2, 0.25) is 0 Å². The average Bonchev–Trinajstić information content (AvgIpc) is 2.84. The van der Waals surface area contributed by atoms with Gasteiger partial charge in [-0.3, -0.25) is 4.79 Å². The Morgan fingerprint density at radius 2 is 1.67 bits per heavy atom. The highest BCUT2D eigenvalue weighted by atomic mass is 32.2. The van der Waals surface area contributed by atoms with Crippen LogP contribution in [-0.4, -0.2) is 71.2 Å². The predicted octanol–water partition coefficient (Wildman–Crippen LogP) is 2.50. The number of amides is 1. The molecule has 0 spiro atoms. The second-order valence-corrected chi connectivity index (χ2v) is 9.97. The number of nitrogens with zero attached hydrogens (tertiary/aromatic N) is 2. The smallest absolute Gasteiger partial charge is 0.248 e. The summed E-state index contributed by atoms with van der Waals surface area (Å²) in [5.74, 6) is -0.327. The minimum absolute atomic E-state index is 0.152. The Kier molecular flexibility index (Phi) is 7.44. The van der Waals surface area contributed by atoms with Crippen molar-refractivity contribution in [2.75, 3.05) is 62.8 Å². The number of nitrogens with one attached hydrogen (secondary N) is 1. The number of sulfonamides is 1. The Morgan fingerprint density at radius 1 is 0.970 bits per heavy atom. The molecule has 0 atom stereocenters. The van der Waals surface area contributed by atoms with Crippen LogP contribution in [0.3, 0.4) is 0 Å². The topological polar surface area (TPSA) is 88.2 Å². The zero-order chi connectivity index (χ0) is 23.3. The van der Waals surface area contributed by atoms with E-state index in [0.717, 1.165) is 16.8 Å². The Hall–Kier alpha value is -2.72. The van der Waals surface area contributed by atoms with E-state index >= 15 is 0 Å². The molecule has 1 amide bonds. The quantitative estimate of drug-likeness (QED) is 0.652. The molecule has 33 heavy (non-hydrogen) atoms. The second kappa shape index (κ2) is 10.5. The molecule has 0 aliphatic carbocycles. The molecule has 2 aromatic rings. The van der Waals surface area contributed by atoms with Gasteiger partial charge in [0.25, 0.3) is 0 Å². The third-order valence-electron chi connectivity index (χ3n) is 5.65. The molecule has 176 valence electrons. The largest absolute Gasteiger partial charge is 0.379 e. The van der Waals surface area contributed by atoms with Crippen LogP contribution in [0.5, 0.6) is 0 Å². The van der Waals surface area contributed by atoms with Crippen molar-refractivity contribution in [1.29, 1.82) is 0 Å². The molecular weight excluding hydrogens is 442 g/mol. The summed E-state index contributed by atoms with van der Waals surface area (Å²) >= 11 is 0. The predicted molar refractivity (Wildman–Crippen MR) is 128 cm³/mol. The van der Waals surface area contributed by atoms with Gasteiger partial charge in [-0.2, -0.15) is 4.31 Å². The van der Waals surface area contributed by atoms with Crippen molar-refractivity contribution >= 4 is 33.4 Å². The first-order valence-electron chi connectivity index (χ1n) is 11.0. The molecule has 2 aromatic carbocycles. The fourth-order valence-electron chi connectivity index (χ4n) is 3.91. The minimum atomic E-state index is -3.69. The molecule has 0 aromatic heterocycles. The first-order chi connectivity index (χ1) is 15.9. The summed E-state index contributed by atoms with van der Waals surface area (Å²) in [4.78, 5) is 15.0. The molecule has 0 saturated carbocycles. The van der Waals surface area contributed by atoms with Crippen molar-refractivity contribution in [3.63, 3.8) is 0 Å². The Balaban J connectivity index is 1.61. The number of hydrogen-bond acceptors (Lipinski definition) is 6. The molecular formula is C24H29N3O5S. The number of rotatable bonds is 6. The van der Waals surface area contributed by atoms with Crippen LogP contribution < -0.4 is 10.2 Å². The molecule has 0 radical (unpaired) electrons. The zero-order valence-electron chi connectivity index (χ0n) is 18.7. The Morgan fingerprint density at radius 3 is 2.36 bits per heavy atom. The third-order valence-corrected chi connectivity index (χ3v) is 7.55. The highest BCUT2D eigenvalue weighted by molar-refractivity contribution is 7.89. The van der Waals surface area contributed by atoms with E-state index in [2.05, 4.69) is 10.2 Å². The number of aryl methyl sites for hydroxylation is 1. The van der Waals surface area contributed by atoms with E-state index in [0.29, 0.717) is 58.3 Å². The van der Waals surface area contributed by atoms with Gasteiger partial charge in [0.2, 0.25) is 15.9 Å². The molecule has 9 heteroatoms. The molecule has 1 N–H and O–H groups in total. The maximum atomic E-state index is 13.2. The van der Waals surface area contributed by atoms with Crippen molar-refractivity contribution in [2.24, 2.45) is 0 Å². The molecule has 2 heterocycles. The first-order valence-corrected chi connectivity index (χ1v) is 12.5. The lowest BCUT2D eigenvalue weighted by molar-refractivity contribution is -0.111. The molecule has 2 fully saturated rings. The summed E-state index contributed by atoms with van der Waals surface area (Å²) in [5.41, 5.74) is 3.26. The van der Waals surface area contributed by atoms with Crippen LogP contribution in [0.15, 0.2) is 53.4 Å². The van der Waals surface area contributed by atoms with Gasteiger partial charge in [0.05, 0.1) is 42.7 Å². The summed E-state index contributed by atoms with van der Waals surface area (Å²) < 4.78 is 38.5. The SMILES string of the molecule is Cc1cccc(/C=C/C(=O)Nc2cc(S(=O)(=O)N3CCOCC3)ccc2N2CCOCC2)c1. The second-order valence-electron chi connectivity index (χ2n) is 8.03. The maximum Gasteiger partial charge on any atom is 0.248 e. The zero-order valence-corrected chi connectivity index (χ0v) is 19.5. The molecule has 8 nitrogen and oxygen atoms in total. The van der Waals surface area contributed by atoms with Gasteiger partial charge < -0.3 is 19.7 Å². The van der Waals surface area contributed by atoms with E-state index < -0.39 is 10.0 Å². The minimum Gasteiger partial charge on any atom is -0.379 e. The number of benzene rings is 2. The van der Waals surface area contributed by atoms with E-state index in [1.807, 2.05) is 31.2 Å². The highest BCUT2D eigenvalue weighted by Crippen LogP contribution is 2.31. The van der Waals surface area contributed by atoms with Crippen LogP contribution in [0.1, 0.15) is 11.1 Å². The van der Waals surface area contributed by atoms with Gasteiger partial charge >= 0.3 is 0 Å². The highest BCUT2D eigenvalue weighted by Gasteiger charge is 2.28. The lowest BCUT2D eigenvalue weighted by Gasteiger charge is -2.31. The van der Waals surface area contributed by atoms with Crippen molar-refractivity contribution < 1.29 is 22.7 Å². The van der Waals surface area contributed by atoms with Gasteiger partial charge in [0, 0.05) is 32.3 Å². The maximum absolute atomic E-state index is 13.2. The molecule has 2 aliphatic heterocycles. The van der Waals surface area contributed by atoms with Gasteiger partial charge in [-0.05, 0) is 36.8 Å². The first kappa shape index (κ1) is 23.4. The summed E-state index contributed by atoms with van der Waals surface area (Å²) in [7, 11) is -3.69. The lowest BCUT2D eigenvalue weighted by atomic mass is 10.1. The third kappa shape index (κ3) is 5.80. The summed E-state index contributed by atoms with van der Waals surface area (Å²) in [6.07, 6.45) is 3.20. The number of carbonyl (C=O) groups is 1. The van der Waals surface area contributed by atoms with Crippen molar-refractivity contribution in [3.05, 3.63) is 59.7 Å². The number of hydrogen-bond donors (Lipinski definition) is 1. The molecule has 0 unspecified atom stereocenters. The van der Waals surface area contributed by atoms with E-state index in [1.165, 1.54) is 10.4 Å². The van der Waals surface area contributed by atoms with Gasteiger partial charge in [-0.15, -0.1) is 0 Å². The van der Waals surface area contributed by atoms with Crippen LogP contribution in [0, 0.1) is 6.92 Å². The molecule has 2 saturated heterocycles. The van der Waals surface area contributed by atoms with E-state index in [-0.39, 0.29) is 10.8 Å². The number of ether oxygens (including phenoxy) is 2. The molecule has 2 aliphatic rings. The van der Waals surface area contributed by atoms with Crippen molar-refractivity contribution in [3.8, 4) is 0 Å². The van der Waals surface area contributed by atoms with Crippen LogP contribution >= 0.6 is 0 Å². The summed E-state index contributed by atoms with van der Waals surface area (Å²) in [6, 6.07) is 12.8. The fourth-order valence-corrected chi connectivity index (χ4v) is 5.35. The normalized spacial score (nSPS) is 17.9.